The number of carboxylic acids is 1. The van der Waals surface area contributed by atoms with Crippen molar-refractivity contribution in [1.29, 1.82) is 0 Å². The van der Waals surface area contributed by atoms with Gasteiger partial charge in [-0.15, -0.1) is 0 Å². The second-order valence-electron chi connectivity index (χ2n) is 6.79. The maximum absolute atomic E-state index is 11.5. The summed E-state index contributed by atoms with van der Waals surface area (Å²) in [6, 6.07) is 3.89. The molecule has 0 bridgehead atoms. The molecule has 0 aliphatic carbocycles. The number of unbranched alkanes of at least 4 members (excludes halogenated alkanes) is 1. The molecule has 1 aliphatic heterocycles. The number of rotatable bonds is 12. The number of pyridine rings is 1. The van der Waals surface area contributed by atoms with Gasteiger partial charge >= 0.3 is 5.97 Å². The Bertz CT molecular complexity index is 565. The molecule has 0 saturated heterocycles. The first-order chi connectivity index (χ1) is 12.7. The Morgan fingerprint density at radius 2 is 2.19 bits per heavy atom. The van der Waals surface area contributed by atoms with Crippen LogP contribution in [0.1, 0.15) is 50.8 Å². The predicted octanol–water partition coefficient (Wildman–Crippen LogP) is 2.96. The Balaban J connectivity index is 1.81. The van der Waals surface area contributed by atoms with Gasteiger partial charge in [0, 0.05) is 25.4 Å². The Hall–Kier alpha value is -1.66. The van der Waals surface area contributed by atoms with Crippen molar-refractivity contribution in [3.63, 3.8) is 0 Å². The molecule has 6 nitrogen and oxygen atoms in total. The van der Waals surface area contributed by atoms with Crippen molar-refractivity contribution >= 4 is 11.8 Å². The van der Waals surface area contributed by atoms with Crippen molar-refractivity contribution in [3.05, 3.63) is 23.4 Å². The lowest BCUT2D eigenvalue weighted by Gasteiger charge is -2.28. The quantitative estimate of drug-likeness (QED) is 0.556. The largest absolute Gasteiger partial charge is 0.480 e. The molecule has 2 rings (SSSR count). The van der Waals surface area contributed by atoms with Gasteiger partial charge in [-0.3, -0.25) is 9.69 Å². The van der Waals surface area contributed by atoms with E-state index in [0.717, 1.165) is 50.3 Å². The van der Waals surface area contributed by atoms with E-state index < -0.39 is 12.0 Å². The average molecular weight is 364 g/mol. The van der Waals surface area contributed by atoms with Crippen LogP contribution in [0, 0.1) is 0 Å². The minimum atomic E-state index is -0.744. The van der Waals surface area contributed by atoms with E-state index in [1.54, 1.807) is 0 Å². The molecule has 0 saturated carbocycles. The number of hydrogen-bond acceptors (Lipinski definition) is 5. The Labute approximate surface area is 156 Å². The number of carbonyl (C=O) groups is 1. The van der Waals surface area contributed by atoms with Crippen LogP contribution in [0.4, 0.5) is 5.82 Å². The standard InChI is InChI=1S/C20H33N3O3/c1-3-18(20(24)25)23(14-15-26-4-2)13-6-5-9-17-11-10-16-8-7-12-21-19(16)22-17/h10-11,18H,3-9,12-15H2,1-2H3,(H,21,22)(H,24,25). The van der Waals surface area contributed by atoms with Crippen molar-refractivity contribution in [1.82, 2.24) is 9.88 Å². The first-order valence-electron chi connectivity index (χ1n) is 9.93. The molecule has 1 unspecified atom stereocenters. The van der Waals surface area contributed by atoms with E-state index >= 15 is 0 Å². The van der Waals surface area contributed by atoms with Crippen LogP contribution >= 0.6 is 0 Å². The molecule has 0 aromatic carbocycles. The summed E-state index contributed by atoms with van der Waals surface area (Å²) in [5.74, 6) is 0.301. The van der Waals surface area contributed by atoms with Gasteiger partial charge in [-0.05, 0) is 63.6 Å². The summed E-state index contributed by atoms with van der Waals surface area (Å²) in [7, 11) is 0. The molecule has 2 N–H and O–H groups in total. The molecular formula is C20H33N3O3. The van der Waals surface area contributed by atoms with Crippen molar-refractivity contribution < 1.29 is 14.6 Å². The third kappa shape index (κ3) is 6.25. The summed E-state index contributed by atoms with van der Waals surface area (Å²) >= 11 is 0. The van der Waals surface area contributed by atoms with Crippen LogP contribution in [-0.2, 0) is 22.4 Å². The molecule has 2 heterocycles. The Morgan fingerprint density at radius 1 is 1.35 bits per heavy atom. The van der Waals surface area contributed by atoms with E-state index in [2.05, 4.69) is 17.4 Å². The van der Waals surface area contributed by atoms with E-state index in [4.69, 9.17) is 9.72 Å². The average Bonchev–Trinajstić information content (AvgIpc) is 2.65. The minimum Gasteiger partial charge on any atom is -0.480 e. The van der Waals surface area contributed by atoms with Crippen molar-refractivity contribution in [2.45, 2.75) is 58.4 Å². The zero-order valence-corrected chi connectivity index (χ0v) is 16.2. The van der Waals surface area contributed by atoms with Gasteiger partial charge in [-0.1, -0.05) is 13.0 Å². The Kier molecular flexibility index (Phi) is 8.85. The fourth-order valence-electron chi connectivity index (χ4n) is 3.47. The molecule has 1 atom stereocenters. The van der Waals surface area contributed by atoms with Gasteiger partial charge in [0.1, 0.15) is 11.9 Å². The monoisotopic (exact) mass is 363 g/mol. The summed E-state index contributed by atoms with van der Waals surface area (Å²) in [5.41, 5.74) is 2.43. The first-order valence-corrected chi connectivity index (χ1v) is 9.93. The van der Waals surface area contributed by atoms with E-state index in [1.807, 2.05) is 18.7 Å². The van der Waals surface area contributed by atoms with Crippen molar-refractivity contribution in [3.8, 4) is 0 Å². The van der Waals surface area contributed by atoms with Crippen LogP contribution < -0.4 is 5.32 Å². The smallest absolute Gasteiger partial charge is 0.320 e. The summed E-state index contributed by atoms with van der Waals surface area (Å²) in [5, 5.41) is 12.8. The van der Waals surface area contributed by atoms with E-state index in [0.29, 0.717) is 26.2 Å². The van der Waals surface area contributed by atoms with Crippen LogP contribution in [0.25, 0.3) is 0 Å². The molecule has 1 aromatic rings. The molecule has 1 aliphatic rings. The fraction of sp³-hybridized carbons (Fsp3) is 0.700. The molecule has 146 valence electrons. The van der Waals surface area contributed by atoms with E-state index in [-0.39, 0.29) is 0 Å². The highest BCUT2D eigenvalue weighted by Crippen LogP contribution is 2.20. The number of aromatic nitrogens is 1. The van der Waals surface area contributed by atoms with Crippen LogP contribution in [0.5, 0.6) is 0 Å². The van der Waals surface area contributed by atoms with E-state index in [9.17, 15) is 9.90 Å². The second kappa shape index (κ2) is 11.1. The van der Waals surface area contributed by atoms with Crippen molar-refractivity contribution in [2.24, 2.45) is 0 Å². The highest BCUT2D eigenvalue weighted by Gasteiger charge is 2.23. The molecule has 0 amide bonds. The molecule has 26 heavy (non-hydrogen) atoms. The summed E-state index contributed by atoms with van der Waals surface area (Å²) in [4.78, 5) is 18.3. The van der Waals surface area contributed by atoms with Crippen molar-refractivity contribution in [2.75, 3.05) is 38.2 Å². The first kappa shape index (κ1) is 20.6. The zero-order valence-electron chi connectivity index (χ0n) is 16.2. The molecule has 0 radical (unpaired) electrons. The lowest BCUT2D eigenvalue weighted by atomic mass is 10.1. The second-order valence-corrected chi connectivity index (χ2v) is 6.79. The van der Waals surface area contributed by atoms with Gasteiger partial charge in [-0.2, -0.15) is 0 Å². The number of aliphatic carboxylic acids is 1. The number of aryl methyl sites for hydroxylation is 2. The highest BCUT2D eigenvalue weighted by molar-refractivity contribution is 5.73. The lowest BCUT2D eigenvalue weighted by Crippen LogP contribution is -2.43. The van der Waals surface area contributed by atoms with Crippen LogP contribution in [0.3, 0.4) is 0 Å². The van der Waals surface area contributed by atoms with Gasteiger partial charge in [0.05, 0.1) is 6.61 Å². The van der Waals surface area contributed by atoms with Crippen LogP contribution in [0.15, 0.2) is 12.1 Å². The van der Waals surface area contributed by atoms with Crippen LogP contribution in [-0.4, -0.2) is 59.8 Å². The molecular weight excluding hydrogens is 330 g/mol. The number of nitrogens with zero attached hydrogens (tertiary/aromatic N) is 2. The predicted molar refractivity (Wildman–Crippen MR) is 104 cm³/mol. The van der Waals surface area contributed by atoms with Gasteiger partial charge in [0.25, 0.3) is 0 Å². The third-order valence-electron chi connectivity index (χ3n) is 4.92. The summed E-state index contributed by atoms with van der Waals surface area (Å²) in [6.07, 6.45) is 5.79. The molecule has 6 heteroatoms. The SMILES string of the molecule is CCOCCN(CCCCc1ccc2c(n1)NCCC2)C(CC)C(=O)O. The third-order valence-corrected chi connectivity index (χ3v) is 4.92. The van der Waals surface area contributed by atoms with Gasteiger partial charge in [0.15, 0.2) is 0 Å². The maximum atomic E-state index is 11.5. The topological polar surface area (TPSA) is 74.7 Å². The molecule has 0 spiro atoms. The normalized spacial score (nSPS) is 14.7. The summed E-state index contributed by atoms with van der Waals surface area (Å²) in [6.45, 7) is 7.58. The summed E-state index contributed by atoms with van der Waals surface area (Å²) < 4.78 is 5.42. The number of carboxylic acid groups (broad SMARTS) is 1. The highest BCUT2D eigenvalue weighted by atomic mass is 16.5. The number of anilines is 1. The lowest BCUT2D eigenvalue weighted by molar-refractivity contribution is -0.143. The Morgan fingerprint density at radius 3 is 2.92 bits per heavy atom. The van der Waals surface area contributed by atoms with Crippen LogP contribution in [0.2, 0.25) is 0 Å². The fourth-order valence-corrected chi connectivity index (χ4v) is 3.47. The van der Waals surface area contributed by atoms with Gasteiger partial charge in [-0.25, -0.2) is 4.98 Å². The number of fused-ring (bicyclic) bond motifs is 1. The van der Waals surface area contributed by atoms with Gasteiger partial charge in [0.2, 0.25) is 0 Å². The number of nitrogens with one attached hydrogen (secondary N) is 1. The van der Waals surface area contributed by atoms with E-state index in [1.165, 1.54) is 12.0 Å². The maximum Gasteiger partial charge on any atom is 0.320 e. The number of ether oxygens (including phenoxy) is 1. The number of hydrogen-bond donors (Lipinski definition) is 2. The minimum absolute atomic E-state index is 0.429. The molecule has 0 fully saturated rings. The van der Waals surface area contributed by atoms with Gasteiger partial charge < -0.3 is 15.2 Å². The zero-order chi connectivity index (χ0) is 18.8. The molecule has 1 aromatic heterocycles.